The molecule has 0 saturated heterocycles. The second-order valence-electron chi connectivity index (χ2n) is 7.15. The van der Waals surface area contributed by atoms with E-state index in [0.717, 1.165) is 11.1 Å². The molecule has 168 valence electrons. The van der Waals surface area contributed by atoms with E-state index in [9.17, 15) is 14.4 Å². The second kappa shape index (κ2) is 11.6. The molecule has 0 saturated carbocycles. The topological polar surface area (TPSA) is 84.5 Å². The number of rotatable bonds is 8. The Bertz CT molecular complexity index is 1140. The van der Waals surface area contributed by atoms with Crippen LogP contribution in [0.3, 0.4) is 0 Å². The van der Waals surface area contributed by atoms with E-state index < -0.39 is 17.9 Å². The van der Waals surface area contributed by atoms with E-state index in [2.05, 4.69) is 15.4 Å². The van der Waals surface area contributed by atoms with Crippen molar-refractivity contribution in [2.75, 3.05) is 7.11 Å². The highest BCUT2D eigenvalue weighted by atomic mass is 35.5. The molecule has 3 aromatic carbocycles. The summed E-state index contributed by atoms with van der Waals surface area (Å²) in [4.78, 5) is 37.0. The summed E-state index contributed by atoms with van der Waals surface area (Å²) in [6.07, 6.45) is 2.99. The fourth-order valence-corrected chi connectivity index (χ4v) is 3.28. The van der Waals surface area contributed by atoms with Crippen molar-refractivity contribution >= 4 is 35.5 Å². The number of ether oxygens (including phenoxy) is 1. The Kier molecular flexibility index (Phi) is 8.38. The van der Waals surface area contributed by atoms with Crippen LogP contribution in [0.2, 0.25) is 5.02 Å². The highest BCUT2D eigenvalue weighted by molar-refractivity contribution is 6.30. The molecule has 0 unspecified atom stereocenters. The van der Waals surface area contributed by atoms with Crippen molar-refractivity contribution in [3.8, 4) is 0 Å². The smallest absolute Gasteiger partial charge is 0.337 e. The summed E-state index contributed by atoms with van der Waals surface area (Å²) in [5.74, 6) is -1.20. The molecule has 7 heteroatoms. The molecule has 0 spiro atoms. The maximum Gasteiger partial charge on any atom is 0.337 e. The molecule has 3 aromatic rings. The third-order valence-electron chi connectivity index (χ3n) is 4.80. The minimum Gasteiger partial charge on any atom is -0.465 e. The van der Waals surface area contributed by atoms with E-state index in [1.807, 2.05) is 12.1 Å². The minimum absolute atomic E-state index is 0.234. The average molecular weight is 463 g/mol. The molecule has 6 nitrogen and oxygen atoms in total. The molecule has 0 bridgehead atoms. The van der Waals surface area contributed by atoms with E-state index in [1.54, 1.807) is 72.8 Å². The SMILES string of the molecule is COC(=O)c1ccc(CNC(=O)[C@@H](NC(=O)/C=C/c2cccc(Cl)c2)c2ccccc2)cc1. The average Bonchev–Trinajstić information content (AvgIpc) is 2.85. The van der Waals surface area contributed by atoms with Crippen molar-refractivity contribution < 1.29 is 19.1 Å². The summed E-state index contributed by atoms with van der Waals surface area (Å²) in [5, 5.41) is 6.16. The quantitative estimate of drug-likeness (QED) is 0.386. The Morgan fingerprint density at radius 2 is 1.70 bits per heavy atom. The van der Waals surface area contributed by atoms with E-state index in [0.29, 0.717) is 16.1 Å². The first-order chi connectivity index (χ1) is 16.0. The predicted molar refractivity (Wildman–Crippen MR) is 127 cm³/mol. The Morgan fingerprint density at radius 1 is 0.970 bits per heavy atom. The van der Waals surface area contributed by atoms with Gasteiger partial charge in [-0.25, -0.2) is 4.79 Å². The van der Waals surface area contributed by atoms with E-state index in [1.165, 1.54) is 13.2 Å². The van der Waals surface area contributed by atoms with Gasteiger partial charge in [-0.3, -0.25) is 9.59 Å². The number of amides is 2. The highest BCUT2D eigenvalue weighted by Gasteiger charge is 2.21. The molecular weight excluding hydrogens is 440 g/mol. The van der Waals surface area contributed by atoms with Crippen LogP contribution in [0.1, 0.15) is 33.1 Å². The number of halogens is 1. The number of hydrogen-bond acceptors (Lipinski definition) is 4. The lowest BCUT2D eigenvalue weighted by Crippen LogP contribution is -2.39. The van der Waals surface area contributed by atoms with Gasteiger partial charge in [0, 0.05) is 17.6 Å². The first kappa shape index (κ1) is 23.8. The third kappa shape index (κ3) is 7.05. The summed E-state index contributed by atoms with van der Waals surface area (Å²) in [7, 11) is 1.32. The lowest BCUT2D eigenvalue weighted by Gasteiger charge is -2.18. The molecule has 0 aliphatic carbocycles. The van der Waals surface area contributed by atoms with Crippen LogP contribution >= 0.6 is 11.6 Å². The molecule has 2 N–H and O–H groups in total. The van der Waals surface area contributed by atoms with Gasteiger partial charge in [0.15, 0.2) is 0 Å². The standard InChI is InChI=1S/C26H23ClN2O4/c1-33-26(32)21-13-10-19(11-14-21)17-28-25(31)24(20-7-3-2-4-8-20)29-23(30)15-12-18-6-5-9-22(27)16-18/h2-16,24H,17H2,1H3,(H,28,31)(H,29,30)/b15-12+/t24-/m0/s1. The summed E-state index contributed by atoms with van der Waals surface area (Å²) < 4.78 is 4.68. The maximum absolute atomic E-state index is 13.0. The van der Waals surface area contributed by atoms with Gasteiger partial charge in [0.1, 0.15) is 6.04 Å². The van der Waals surface area contributed by atoms with E-state index in [4.69, 9.17) is 11.6 Å². The van der Waals surface area contributed by atoms with Crippen LogP contribution < -0.4 is 10.6 Å². The molecule has 0 fully saturated rings. The molecule has 2 amide bonds. The number of carbonyl (C=O) groups excluding carboxylic acids is 3. The third-order valence-corrected chi connectivity index (χ3v) is 5.03. The van der Waals surface area contributed by atoms with Crippen molar-refractivity contribution in [3.05, 3.63) is 112 Å². The molecule has 1 atom stereocenters. The maximum atomic E-state index is 13.0. The highest BCUT2D eigenvalue weighted by Crippen LogP contribution is 2.15. The van der Waals surface area contributed by atoms with E-state index >= 15 is 0 Å². The number of nitrogens with one attached hydrogen (secondary N) is 2. The molecule has 0 heterocycles. The first-order valence-electron chi connectivity index (χ1n) is 10.2. The first-order valence-corrected chi connectivity index (χ1v) is 10.6. The van der Waals surface area contributed by atoms with E-state index in [-0.39, 0.29) is 12.5 Å². The van der Waals surface area contributed by atoms with Crippen molar-refractivity contribution in [3.63, 3.8) is 0 Å². The van der Waals surface area contributed by atoms with Gasteiger partial charge in [-0.05, 0) is 47.0 Å². The summed E-state index contributed by atoms with van der Waals surface area (Å²) in [6.45, 7) is 0.234. The number of methoxy groups -OCH3 is 1. The van der Waals surface area contributed by atoms with Crippen LogP contribution in [0, 0.1) is 0 Å². The molecule has 33 heavy (non-hydrogen) atoms. The molecule has 0 radical (unpaired) electrons. The lowest BCUT2D eigenvalue weighted by molar-refractivity contribution is -0.127. The second-order valence-corrected chi connectivity index (χ2v) is 7.58. The van der Waals surface area contributed by atoms with Crippen LogP contribution in [-0.4, -0.2) is 24.9 Å². The minimum atomic E-state index is -0.878. The van der Waals surface area contributed by atoms with Crippen molar-refractivity contribution in [2.45, 2.75) is 12.6 Å². The lowest BCUT2D eigenvalue weighted by atomic mass is 10.1. The number of carbonyl (C=O) groups is 3. The summed E-state index contributed by atoms with van der Waals surface area (Å²) in [5.41, 5.74) is 2.65. The fraction of sp³-hybridized carbons (Fsp3) is 0.115. The van der Waals surface area contributed by atoms with Gasteiger partial charge in [0.05, 0.1) is 12.7 Å². The van der Waals surface area contributed by atoms with Crippen molar-refractivity contribution in [1.29, 1.82) is 0 Å². The Labute approximate surface area is 197 Å². The molecule has 0 aromatic heterocycles. The Hall–Kier alpha value is -3.90. The largest absolute Gasteiger partial charge is 0.465 e. The Balaban J connectivity index is 1.68. The van der Waals surface area contributed by atoms with Crippen molar-refractivity contribution in [2.24, 2.45) is 0 Å². The monoisotopic (exact) mass is 462 g/mol. The van der Waals surface area contributed by atoms with Crippen LogP contribution in [0.25, 0.3) is 6.08 Å². The zero-order chi connectivity index (χ0) is 23.6. The van der Waals surface area contributed by atoms with Gasteiger partial charge < -0.3 is 15.4 Å². The van der Waals surface area contributed by atoms with Crippen molar-refractivity contribution in [1.82, 2.24) is 10.6 Å². The van der Waals surface area contributed by atoms with Crippen LogP contribution in [0.15, 0.2) is 84.9 Å². The van der Waals surface area contributed by atoms with Gasteiger partial charge in [-0.2, -0.15) is 0 Å². The normalized spacial score (nSPS) is 11.6. The summed E-state index contributed by atoms with van der Waals surface area (Å²) >= 11 is 5.97. The van der Waals surface area contributed by atoms with Gasteiger partial charge in [0.25, 0.3) is 0 Å². The van der Waals surface area contributed by atoms with Crippen LogP contribution in [0.4, 0.5) is 0 Å². The van der Waals surface area contributed by atoms with Crippen LogP contribution in [-0.2, 0) is 20.9 Å². The zero-order valence-electron chi connectivity index (χ0n) is 18.0. The number of benzene rings is 3. The molecule has 0 aliphatic rings. The Morgan fingerprint density at radius 3 is 2.36 bits per heavy atom. The predicted octanol–water partition coefficient (Wildman–Crippen LogP) is 4.31. The zero-order valence-corrected chi connectivity index (χ0v) is 18.7. The van der Waals surface area contributed by atoms with Crippen LogP contribution in [0.5, 0.6) is 0 Å². The van der Waals surface area contributed by atoms with Gasteiger partial charge >= 0.3 is 5.97 Å². The summed E-state index contributed by atoms with van der Waals surface area (Å²) in [6, 6.07) is 21.9. The molecule has 0 aliphatic heterocycles. The van der Waals surface area contributed by atoms with Gasteiger partial charge in [-0.1, -0.05) is 66.2 Å². The molecule has 3 rings (SSSR count). The number of esters is 1. The number of hydrogen-bond donors (Lipinski definition) is 2. The van der Waals surface area contributed by atoms with Gasteiger partial charge in [-0.15, -0.1) is 0 Å². The molecular formula is C26H23ClN2O4. The fourth-order valence-electron chi connectivity index (χ4n) is 3.09. The van der Waals surface area contributed by atoms with Gasteiger partial charge in [0.2, 0.25) is 11.8 Å².